The van der Waals surface area contributed by atoms with Crippen molar-refractivity contribution in [3.8, 4) is 28.4 Å². The van der Waals surface area contributed by atoms with Gasteiger partial charge in [-0.15, -0.1) is 48.1 Å². The van der Waals surface area contributed by atoms with E-state index in [4.69, 9.17) is 9.72 Å². The predicted molar refractivity (Wildman–Crippen MR) is 304 cm³/mol. The zero-order valence-corrected chi connectivity index (χ0v) is 46.3. The molecule has 11 rings (SSSR count). The molecule has 1 aliphatic heterocycles. The molecule has 8 aromatic carbocycles. The van der Waals surface area contributed by atoms with Crippen LogP contribution in [0.5, 0.6) is 11.5 Å². The summed E-state index contributed by atoms with van der Waals surface area (Å²) in [5.41, 5.74) is 15.3. The third-order valence-electron chi connectivity index (χ3n) is 15.1. The standard InChI is InChI=1S/C68H63N4O.Pt/c1-65(2,3)50-35-36-69-64(42-50)72-60-33-29-51(67(7,8)48-23-16-12-17-24-48)40-59(60)58-32-31-57(44-62(58)72)73-56-28-20-27-54(43-56)70-45-71(55-38-47(46-21-14-11-15-22-46)37-53(39-55)66(4,5)6)63-41-52(30-34-61(63)70)68(9,10)49-25-18-13-19-26-49;/h11-42,45H,1-10H3;/q-3;. The number of aromatic nitrogens is 2. The fourth-order valence-electron chi connectivity index (χ4n) is 10.3. The van der Waals surface area contributed by atoms with Gasteiger partial charge in [-0.2, -0.15) is 12.1 Å². The minimum atomic E-state index is -0.243. The summed E-state index contributed by atoms with van der Waals surface area (Å²) in [6.45, 7) is 25.0. The number of fused-ring (bicyclic) bond motifs is 4. The summed E-state index contributed by atoms with van der Waals surface area (Å²) in [5.74, 6) is 2.03. The first-order valence-electron chi connectivity index (χ1n) is 25.5. The smallest absolute Gasteiger partial charge is 0.135 e. The average Bonchev–Trinajstić information content (AvgIpc) is 3.94. The van der Waals surface area contributed by atoms with E-state index in [1.807, 2.05) is 24.4 Å². The molecule has 0 saturated heterocycles. The Kier molecular flexibility index (Phi) is 13.1. The molecule has 0 aliphatic carbocycles. The average molecular weight is 1150 g/mol. The molecule has 0 fully saturated rings. The van der Waals surface area contributed by atoms with Crippen molar-refractivity contribution in [2.45, 2.75) is 90.9 Å². The van der Waals surface area contributed by atoms with Crippen LogP contribution in [-0.2, 0) is 42.7 Å². The number of hydrogen-bond donors (Lipinski definition) is 0. The number of rotatable bonds is 10. The topological polar surface area (TPSA) is 33.5 Å². The van der Waals surface area contributed by atoms with Gasteiger partial charge in [0.2, 0.25) is 0 Å². The molecule has 0 amide bonds. The second-order valence-electron chi connectivity index (χ2n) is 22.7. The number of hydrogen-bond acceptors (Lipinski definition) is 4. The van der Waals surface area contributed by atoms with E-state index in [1.165, 1.54) is 44.5 Å². The molecule has 0 atom stereocenters. The van der Waals surface area contributed by atoms with E-state index in [2.05, 4.69) is 272 Å². The number of benzene rings is 8. The Morgan fingerprint density at radius 2 is 1.07 bits per heavy atom. The van der Waals surface area contributed by atoms with Gasteiger partial charge in [-0.05, 0) is 103 Å². The molecule has 6 heteroatoms. The van der Waals surface area contributed by atoms with Crippen molar-refractivity contribution in [1.29, 1.82) is 0 Å². The molecule has 0 spiro atoms. The first-order chi connectivity index (χ1) is 34.9. The molecule has 1 aliphatic rings. The number of anilines is 4. The first-order valence-corrected chi connectivity index (χ1v) is 25.5. The summed E-state index contributed by atoms with van der Waals surface area (Å²) in [7, 11) is 0. The quantitative estimate of drug-likeness (QED) is 0.128. The molecule has 0 bridgehead atoms. The van der Waals surface area contributed by atoms with Crippen molar-refractivity contribution >= 4 is 44.6 Å². The van der Waals surface area contributed by atoms with E-state index >= 15 is 0 Å². The summed E-state index contributed by atoms with van der Waals surface area (Å²) in [6.07, 6.45) is 1.92. The molecule has 0 N–H and O–H groups in total. The third kappa shape index (κ3) is 9.37. The van der Waals surface area contributed by atoms with Crippen LogP contribution in [0.2, 0.25) is 0 Å². The van der Waals surface area contributed by atoms with Crippen molar-refractivity contribution in [2.75, 3.05) is 9.80 Å². The predicted octanol–water partition coefficient (Wildman–Crippen LogP) is 17.9. The largest absolute Gasteiger partial charge is 0.509 e. The summed E-state index contributed by atoms with van der Waals surface area (Å²) >= 11 is 0. The molecule has 3 heterocycles. The van der Waals surface area contributed by atoms with Gasteiger partial charge in [-0.3, -0.25) is 0 Å². The second-order valence-corrected chi connectivity index (χ2v) is 22.7. The molecular formula is C68H63N4OPt-3. The van der Waals surface area contributed by atoms with Crippen LogP contribution < -0.4 is 14.5 Å². The minimum Gasteiger partial charge on any atom is -0.509 e. The maximum Gasteiger partial charge on any atom is 0.135 e. The fourth-order valence-corrected chi connectivity index (χ4v) is 10.3. The monoisotopic (exact) mass is 1150 g/mol. The van der Waals surface area contributed by atoms with Gasteiger partial charge in [-0.1, -0.05) is 190 Å². The van der Waals surface area contributed by atoms with E-state index in [0.29, 0.717) is 11.5 Å². The normalized spacial score (nSPS) is 13.1. The molecule has 2 aromatic heterocycles. The van der Waals surface area contributed by atoms with Gasteiger partial charge in [-0.25, -0.2) is 4.98 Å². The van der Waals surface area contributed by atoms with Crippen LogP contribution in [0.25, 0.3) is 38.8 Å². The second kappa shape index (κ2) is 19.3. The van der Waals surface area contributed by atoms with Crippen LogP contribution in [0, 0.1) is 18.8 Å². The van der Waals surface area contributed by atoms with Crippen molar-refractivity contribution in [3.05, 3.63) is 246 Å². The minimum absolute atomic E-state index is 0. The van der Waals surface area contributed by atoms with Gasteiger partial charge < -0.3 is 19.1 Å². The Morgan fingerprint density at radius 1 is 0.446 bits per heavy atom. The summed E-state index contributed by atoms with van der Waals surface area (Å²) in [4.78, 5) is 9.57. The van der Waals surface area contributed by atoms with E-state index in [-0.39, 0.29) is 42.7 Å². The fraction of sp³-hybridized carbons (Fsp3) is 0.206. The Balaban J connectivity index is 0.00000626. The molecular weight excluding hydrogens is 1080 g/mol. The molecule has 5 nitrogen and oxygen atoms in total. The zero-order chi connectivity index (χ0) is 50.9. The molecule has 74 heavy (non-hydrogen) atoms. The van der Waals surface area contributed by atoms with Gasteiger partial charge in [0.25, 0.3) is 0 Å². The number of pyridine rings is 1. The number of nitrogens with zero attached hydrogens (tertiary/aromatic N) is 4. The van der Waals surface area contributed by atoms with Gasteiger partial charge in [0.15, 0.2) is 0 Å². The van der Waals surface area contributed by atoms with Crippen LogP contribution in [0.4, 0.5) is 22.7 Å². The van der Waals surface area contributed by atoms with Gasteiger partial charge >= 0.3 is 0 Å². The van der Waals surface area contributed by atoms with Crippen molar-refractivity contribution in [1.82, 2.24) is 9.55 Å². The van der Waals surface area contributed by atoms with E-state index in [0.717, 1.165) is 50.4 Å². The molecule has 374 valence electrons. The van der Waals surface area contributed by atoms with Crippen molar-refractivity contribution in [2.24, 2.45) is 0 Å². The van der Waals surface area contributed by atoms with Gasteiger partial charge in [0, 0.05) is 72.2 Å². The number of ether oxygens (including phenoxy) is 1. The van der Waals surface area contributed by atoms with Crippen LogP contribution in [0.15, 0.2) is 194 Å². The summed E-state index contributed by atoms with van der Waals surface area (Å²) in [5, 5.41) is 2.22. The maximum atomic E-state index is 6.82. The van der Waals surface area contributed by atoms with Crippen LogP contribution in [0.1, 0.15) is 103 Å². The SMILES string of the molecule is CC(C)(C)c1cc(-c2ccccc2)cc(N2[CH-]N(c3[c-]c(Oc4[c-]c5c(cc4)c4cc(C(C)(C)c6ccccc6)ccc4n5-c4cc(C(C)(C)C)ccn4)ccc3)c3ccc(C(C)(C)c4ccccc4)cc32)c1.[Pt]. The Morgan fingerprint density at radius 3 is 1.73 bits per heavy atom. The van der Waals surface area contributed by atoms with Crippen molar-refractivity contribution < 1.29 is 25.8 Å². The van der Waals surface area contributed by atoms with Crippen LogP contribution >= 0.6 is 0 Å². The maximum absolute atomic E-state index is 6.82. The molecule has 0 saturated carbocycles. The van der Waals surface area contributed by atoms with Gasteiger partial charge in [0.05, 0.1) is 0 Å². The van der Waals surface area contributed by atoms with E-state index in [1.54, 1.807) is 0 Å². The summed E-state index contributed by atoms with van der Waals surface area (Å²) < 4.78 is 9.06. The summed E-state index contributed by atoms with van der Waals surface area (Å²) in [6, 6.07) is 75.1. The third-order valence-corrected chi connectivity index (χ3v) is 15.1. The zero-order valence-electron chi connectivity index (χ0n) is 44.1. The Hall–Kier alpha value is -7.20. The van der Waals surface area contributed by atoms with E-state index in [9.17, 15) is 0 Å². The van der Waals surface area contributed by atoms with Crippen LogP contribution in [-0.4, -0.2) is 9.55 Å². The molecule has 10 aromatic rings. The Bertz CT molecular complexity index is 3660. The molecule has 0 unspecified atom stereocenters. The van der Waals surface area contributed by atoms with Crippen LogP contribution in [0.3, 0.4) is 0 Å². The van der Waals surface area contributed by atoms with Gasteiger partial charge in [0.1, 0.15) is 5.82 Å². The van der Waals surface area contributed by atoms with E-state index < -0.39 is 0 Å². The van der Waals surface area contributed by atoms with Crippen molar-refractivity contribution in [3.63, 3.8) is 0 Å². The first kappa shape index (κ1) is 50.3. The molecule has 0 radical (unpaired) electrons. The Labute approximate surface area is 452 Å².